The van der Waals surface area contributed by atoms with Gasteiger partial charge in [0, 0.05) is 19.4 Å². The molecule has 0 bridgehead atoms. The van der Waals surface area contributed by atoms with E-state index in [1.807, 2.05) is 19.0 Å². The third kappa shape index (κ3) is 14.9. The standard InChI is InChI=1S/C35H57N5O7/c1-39(2)29(22-26-17-19-27(41)20-18-26)31(42)15-10-9-14-28(36)35(46)38-24-32(43)40(21-11-5-8-16-33(44)47-3)30(34(37)45)23-25-12-6-4-7-13-25/h17-20,25,28-30,41H,4-16,21-24,36H2,1-3H3,(H2,37,45)(H,38,46)/t28-,29+,30+/m1/s1. The quantitative estimate of drug-likeness (QED) is 0.107. The molecule has 12 heteroatoms. The summed E-state index contributed by atoms with van der Waals surface area (Å²) in [6.07, 6.45) is 10.3. The van der Waals surface area contributed by atoms with E-state index in [0.717, 1.165) is 31.2 Å². The topological polar surface area (TPSA) is 185 Å². The van der Waals surface area contributed by atoms with Crippen molar-refractivity contribution in [3.8, 4) is 5.75 Å². The fourth-order valence-corrected chi connectivity index (χ4v) is 6.22. The second-order valence-electron chi connectivity index (χ2n) is 13.0. The molecule has 1 fully saturated rings. The molecule has 12 nitrogen and oxygen atoms in total. The maximum atomic E-state index is 13.4. The molecule has 0 unspecified atom stereocenters. The van der Waals surface area contributed by atoms with Crippen LogP contribution in [0, 0.1) is 5.92 Å². The van der Waals surface area contributed by atoms with Gasteiger partial charge in [-0.05, 0) is 76.2 Å². The highest BCUT2D eigenvalue weighted by atomic mass is 16.5. The monoisotopic (exact) mass is 659 g/mol. The highest BCUT2D eigenvalue weighted by molar-refractivity contribution is 5.90. The number of likely N-dealkylation sites (N-methyl/N-ethyl adjacent to an activating group) is 1. The number of carbonyl (C=O) groups is 5. The van der Waals surface area contributed by atoms with Crippen molar-refractivity contribution >= 4 is 29.5 Å². The van der Waals surface area contributed by atoms with Crippen LogP contribution >= 0.6 is 0 Å². The fraction of sp³-hybridized carbons (Fsp3) is 0.686. The van der Waals surface area contributed by atoms with E-state index in [-0.39, 0.29) is 43.1 Å². The Morgan fingerprint density at radius 3 is 2.21 bits per heavy atom. The van der Waals surface area contributed by atoms with E-state index >= 15 is 0 Å². The minimum absolute atomic E-state index is 0.0920. The number of hydrogen-bond donors (Lipinski definition) is 4. The summed E-state index contributed by atoms with van der Waals surface area (Å²) in [6, 6.07) is 4.90. The minimum Gasteiger partial charge on any atom is -0.508 e. The first-order valence-corrected chi connectivity index (χ1v) is 17.1. The first kappa shape index (κ1) is 39.7. The number of unbranched alkanes of at least 4 members (excludes halogenated alkanes) is 3. The number of nitrogens with two attached hydrogens (primary N) is 2. The summed E-state index contributed by atoms with van der Waals surface area (Å²) in [5, 5.41) is 12.2. The van der Waals surface area contributed by atoms with E-state index in [0.29, 0.717) is 63.7 Å². The van der Waals surface area contributed by atoms with Crippen LogP contribution in [-0.2, 0) is 35.1 Å². The predicted octanol–water partition coefficient (Wildman–Crippen LogP) is 2.82. The highest BCUT2D eigenvalue weighted by Gasteiger charge is 2.31. The first-order valence-electron chi connectivity index (χ1n) is 17.1. The second-order valence-corrected chi connectivity index (χ2v) is 13.0. The van der Waals surface area contributed by atoms with Crippen molar-refractivity contribution in [3.63, 3.8) is 0 Å². The van der Waals surface area contributed by atoms with Crippen LogP contribution in [0.1, 0.15) is 95.5 Å². The van der Waals surface area contributed by atoms with Gasteiger partial charge in [-0.15, -0.1) is 0 Å². The van der Waals surface area contributed by atoms with Crippen LogP contribution in [-0.4, -0.2) is 96.8 Å². The molecule has 1 aromatic carbocycles. The van der Waals surface area contributed by atoms with Crippen molar-refractivity contribution < 1.29 is 33.8 Å². The molecule has 1 aromatic rings. The molecule has 2 rings (SSSR count). The Bertz CT molecular complexity index is 1140. The molecule has 0 heterocycles. The lowest BCUT2D eigenvalue weighted by Gasteiger charge is -2.33. The number of primary amides is 1. The van der Waals surface area contributed by atoms with Gasteiger partial charge >= 0.3 is 5.97 Å². The smallest absolute Gasteiger partial charge is 0.305 e. The molecule has 3 amide bonds. The number of ketones is 1. The number of phenols is 1. The molecule has 1 aliphatic rings. The number of Topliss-reactive ketones (excluding diaryl/α,β-unsaturated/α-hetero) is 1. The van der Waals surface area contributed by atoms with Gasteiger partial charge in [-0.1, -0.05) is 57.1 Å². The Kier molecular flexibility index (Phi) is 18.0. The van der Waals surface area contributed by atoms with Gasteiger partial charge in [0.15, 0.2) is 0 Å². The largest absolute Gasteiger partial charge is 0.508 e. The van der Waals surface area contributed by atoms with Crippen LogP contribution in [0.15, 0.2) is 24.3 Å². The van der Waals surface area contributed by atoms with E-state index in [9.17, 15) is 29.1 Å². The summed E-state index contributed by atoms with van der Waals surface area (Å²) in [4.78, 5) is 66.6. The number of methoxy groups -OCH3 is 1. The fourth-order valence-electron chi connectivity index (χ4n) is 6.22. The Balaban J connectivity index is 1.87. The lowest BCUT2D eigenvalue weighted by atomic mass is 9.84. The van der Waals surface area contributed by atoms with Gasteiger partial charge in [-0.3, -0.25) is 28.9 Å². The average Bonchev–Trinajstić information content (AvgIpc) is 3.05. The van der Waals surface area contributed by atoms with Crippen LogP contribution < -0.4 is 16.8 Å². The van der Waals surface area contributed by atoms with Crippen molar-refractivity contribution in [1.29, 1.82) is 0 Å². The number of ether oxygens (including phenoxy) is 1. The summed E-state index contributed by atoms with van der Waals surface area (Å²) < 4.78 is 4.69. The van der Waals surface area contributed by atoms with Gasteiger partial charge in [0.05, 0.1) is 25.7 Å². The summed E-state index contributed by atoms with van der Waals surface area (Å²) in [5.74, 6) is -1.14. The summed E-state index contributed by atoms with van der Waals surface area (Å²) >= 11 is 0. The molecular weight excluding hydrogens is 602 g/mol. The van der Waals surface area contributed by atoms with E-state index < -0.39 is 29.8 Å². The zero-order valence-electron chi connectivity index (χ0n) is 28.6. The number of phenolic OH excluding ortho intramolecular Hbond substituents is 1. The molecule has 47 heavy (non-hydrogen) atoms. The van der Waals surface area contributed by atoms with Gasteiger partial charge in [0.25, 0.3) is 0 Å². The minimum atomic E-state index is -0.847. The summed E-state index contributed by atoms with van der Waals surface area (Å²) in [6.45, 7) is -0.0135. The zero-order valence-corrected chi connectivity index (χ0v) is 28.6. The molecular formula is C35H57N5O7. The molecule has 0 aliphatic heterocycles. The lowest BCUT2D eigenvalue weighted by Crippen LogP contribution is -2.53. The zero-order chi connectivity index (χ0) is 34.8. The number of nitrogens with one attached hydrogen (secondary N) is 1. The number of aromatic hydroxyl groups is 1. The van der Waals surface area contributed by atoms with Crippen LogP contribution in [0.2, 0.25) is 0 Å². The third-order valence-electron chi connectivity index (χ3n) is 9.11. The van der Waals surface area contributed by atoms with E-state index in [2.05, 4.69) is 10.1 Å². The molecule has 6 N–H and O–H groups in total. The van der Waals surface area contributed by atoms with Crippen LogP contribution in [0.25, 0.3) is 0 Å². The predicted molar refractivity (Wildman–Crippen MR) is 180 cm³/mol. The number of esters is 1. The number of carbonyl (C=O) groups excluding carboxylic acids is 5. The van der Waals surface area contributed by atoms with Crippen molar-refractivity contribution in [2.45, 2.75) is 114 Å². The maximum absolute atomic E-state index is 13.4. The number of hydrogen-bond acceptors (Lipinski definition) is 9. The average molecular weight is 660 g/mol. The molecule has 3 atom stereocenters. The maximum Gasteiger partial charge on any atom is 0.305 e. The van der Waals surface area contributed by atoms with Crippen molar-refractivity contribution in [1.82, 2.24) is 15.1 Å². The summed E-state index contributed by atoms with van der Waals surface area (Å²) in [5.41, 5.74) is 12.9. The van der Waals surface area contributed by atoms with Crippen molar-refractivity contribution in [2.24, 2.45) is 17.4 Å². The Labute approximate surface area is 279 Å². The van der Waals surface area contributed by atoms with Crippen molar-refractivity contribution in [2.75, 3.05) is 34.3 Å². The lowest BCUT2D eigenvalue weighted by molar-refractivity contribution is -0.141. The molecule has 0 radical (unpaired) electrons. The molecule has 0 saturated heterocycles. The third-order valence-corrected chi connectivity index (χ3v) is 9.11. The summed E-state index contributed by atoms with van der Waals surface area (Å²) in [7, 11) is 5.06. The van der Waals surface area contributed by atoms with Gasteiger partial charge < -0.3 is 31.5 Å². The highest BCUT2D eigenvalue weighted by Crippen LogP contribution is 2.29. The molecule has 1 aliphatic carbocycles. The normalized spacial score (nSPS) is 15.4. The van der Waals surface area contributed by atoms with Gasteiger partial charge in [0.2, 0.25) is 17.7 Å². The molecule has 0 aromatic heterocycles. The van der Waals surface area contributed by atoms with Crippen LogP contribution in [0.3, 0.4) is 0 Å². The molecule has 1 saturated carbocycles. The van der Waals surface area contributed by atoms with Crippen LogP contribution in [0.5, 0.6) is 5.75 Å². The first-order chi connectivity index (χ1) is 22.4. The molecule has 264 valence electrons. The van der Waals surface area contributed by atoms with Gasteiger partial charge in [0.1, 0.15) is 17.6 Å². The SMILES string of the molecule is COC(=O)CCCCCN(C(=O)CNC(=O)[C@H](N)CCCCC(=O)[C@H](Cc1ccc(O)cc1)N(C)C)[C@@H](CC1CCCCC1)C(N)=O. The second kappa shape index (κ2) is 21.4. The van der Waals surface area contributed by atoms with E-state index in [1.54, 1.807) is 24.3 Å². The Morgan fingerprint density at radius 1 is 0.936 bits per heavy atom. The van der Waals surface area contributed by atoms with Gasteiger partial charge in [-0.2, -0.15) is 0 Å². The number of rotatable bonds is 22. The van der Waals surface area contributed by atoms with Gasteiger partial charge in [-0.25, -0.2) is 0 Å². The number of benzene rings is 1. The molecule has 0 spiro atoms. The Morgan fingerprint density at radius 2 is 1.60 bits per heavy atom. The van der Waals surface area contributed by atoms with Crippen molar-refractivity contribution in [3.05, 3.63) is 29.8 Å². The van der Waals surface area contributed by atoms with Crippen LogP contribution in [0.4, 0.5) is 0 Å². The Hall–Kier alpha value is -3.51. The van der Waals surface area contributed by atoms with E-state index in [1.165, 1.54) is 18.4 Å². The number of nitrogens with zero attached hydrogens (tertiary/aromatic N) is 2. The number of amides is 3. The van der Waals surface area contributed by atoms with E-state index in [4.69, 9.17) is 11.5 Å².